The van der Waals surface area contributed by atoms with Gasteiger partial charge >= 0.3 is 0 Å². The number of benzene rings is 1. The predicted molar refractivity (Wildman–Crippen MR) is 137 cm³/mol. The molecule has 0 saturated heterocycles. The van der Waals surface area contributed by atoms with E-state index in [1.54, 1.807) is 7.11 Å². The number of fused-ring (bicyclic) bond motifs is 6. The van der Waals surface area contributed by atoms with Crippen LogP contribution in [0.25, 0.3) is 10.9 Å². The summed E-state index contributed by atoms with van der Waals surface area (Å²) >= 11 is 0. The number of rotatable bonds is 5. The van der Waals surface area contributed by atoms with Gasteiger partial charge in [-0.05, 0) is 106 Å². The van der Waals surface area contributed by atoms with Crippen LogP contribution in [0.5, 0.6) is 0 Å². The van der Waals surface area contributed by atoms with Crippen LogP contribution in [0.4, 0.5) is 0 Å². The molecule has 5 nitrogen and oxygen atoms in total. The van der Waals surface area contributed by atoms with Crippen molar-refractivity contribution in [3.05, 3.63) is 30.0 Å². The molecule has 35 heavy (non-hydrogen) atoms. The van der Waals surface area contributed by atoms with Crippen LogP contribution in [-0.2, 0) is 16.1 Å². The number of ether oxygens (including phenoxy) is 1. The zero-order valence-electron chi connectivity index (χ0n) is 21.7. The second-order valence-electron chi connectivity index (χ2n) is 12.7. The highest BCUT2D eigenvalue weighted by molar-refractivity contribution is 5.84. The maximum atomic E-state index is 13.7. The number of ketones is 1. The van der Waals surface area contributed by atoms with Gasteiger partial charge in [0.25, 0.3) is 0 Å². The molecule has 8 atom stereocenters. The normalized spacial score (nSPS) is 40.8. The Morgan fingerprint density at radius 2 is 1.89 bits per heavy atom. The number of hydrogen-bond donors (Lipinski definition) is 1. The summed E-state index contributed by atoms with van der Waals surface area (Å²) in [7, 11) is 1.71. The lowest BCUT2D eigenvalue weighted by Crippen LogP contribution is -2.52. The molecular formula is C30H42N2O3. The highest BCUT2D eigenvalue weighted by atomic mass is 16.5. The van der Waals surface area contributed by atoms with Gasteiger partial charge in [-0.25, -0.2) is 0 Å². The molecule has 4 aliphatic carbocycles. The summed E-state index contributed by atoms with van der Waals surface area (Å²) in [5.41, 5.74) is 1.60. The van der Waals surface area contributed by atoms with Gasteiger partial charge in [-0.3, -0.25) is 9.48 Å². The van der Waals surface area contributed by atoms with E-state index in [0.29, 0.717) is 30.8 Å². The summed E-state index contributed by atoms with van der Waals surface area (Å²) in [5, 5.41) is 16.9. The highest BCUT2D eigenvalue weighted by Crippen LogP contribution is 2.64. The zero-order chi connectivity index (χ0) is 24.4. The van der Waals surface area contributed by atoms with Crippen LogP contribution in [0.15, 0.2) is 24.3 Å². The monoisotopic (exact) mass is 478 g/mol. The molecule has 1 N–H and O–H groups in total. The van der Waals surface area contributed by atoms with E-state index in [0.717, 1.165) is 60.0 Å². The molecule has 1 aromatic heterocycles. The van der Waals surface area contributed by atoms with E-state index < -0.39 is 5.60 Å². The lowest BCUT2D eigenvalue weighted by atomic mass is 9.49. The molecule has 0 radical (unpaired) electrons. The van der Waals surface area contributed by atoms with Crippen LogP contribution < -0.4 is 0 Å². The quantitative estimate of drug-likeness (QED) is 0.611. The average molecular weight is 479 g/mol. The Balaban J connectivity index is 1.17. The van der Waals surface area contributed by atoms with Gasteiger partial charge in [0.2, 0.25) is 0 Å². The van der Waals surface area contributed by atoms with Gasteiger partial charge in [-0.1, -0.05) is 25.1 Å². The van der Waals surface area contributed by atoms with Crippen molar-refractivity contribution in [1.29, 1.82) is 0 Å². The molecule has 1 aromatic carbocycles. The van der Waals surface area contributed by atoms with Gasteiger partial charge in [0, 0.05) is 24.1 Å². The predicted octanol–water partition coefficient (Wildman–Crippen LogP) is 5.56. The van der Waals surface area contributed by atoms with E-state index >= 15 is 0 Å². The van der Waals surface area contributed by atoms with Crippen molar-refractivity contribution in [2.75, 3.05) is 13.7 Å². The number of aromatic nitrogens is 2. The number of carbonyl (C=O) groups is 1. The van der Waals surface area contributed by atoms with Gasteiger partial charge < -0.3 is 9.84 Å². The zero-order valence-corrected chi connectivity index (χ0v) is 21.7. The standard InChI is InChI=1S/C30H42N2O3/c1-19-21-6-4-5-7-27(21)31-32(19)17-28(33)26-11-10-25-24-9-8-20-16-30(34,18-35-3)15-13-22(20)23(24)12-14-29(25,26)2/h4-7,20,22-26,34H,8-18H2,1-3H3/t20-,22+,23-,24-,25+,26-,29+,30-/m1/s1. The molecule has 1 heterocycles. The summed E-state index contributed by atoms with van der Waals surface area (Å²) in [6.45, 7) is 5.41. The van der Waals surface area contributed by atoms with Crippen LogP contribution in [-0.4, -0.2) is 40.0 Å². The first-order valence-electron chi connectivity index (χ1n) is 14.0. The molecule has 0 unspecified atom stereocenters. The Kier molecular flexibility index (Phi) is 5.88. The number of carbonyl (C=O) groups excluding carboxylic acids is 1. The van der Waals surface area contributed by atoms with Crippen molar-refractivity contribution in [2.24, 2.45) is 40.9 Å². The first-order chi connectivity index (χ1) is 16.8. The Hall–Kier alpha value is -1.72. The molecule has 5 heteroatoms. The summed E-state index contributed by atoms with van der Waals surface area (Å²) in [6.07, 6.45) is 10.1. The number of aryl methyl sites for hydroxylation is 1. The topological polar surface area (TPSA) is 64.3 Å². The smallest absolute Gasteiger partial charge is 0.157 e. The van der Waals surface area contributed by atoms with Crippen molar-refractivity contribution in [2.45, 2.75) is 83.8 Å². The van der Waals surface area contributed by atoms with Crippen molar-refractivity contribution >= 4 is 16.7 Å². The first-order valence-corrected chi connectivity index (χ1v) is 14.0. The molecule has 0 spiro atoms. The maximum absolute atomic E-state index is 13.7. The van der Waals surface area contributed by atoms with E-state index in [9.17, 15) is 9.90 Å². The van der Waals surface area contributed by atoms with Crippen LogP contribution >= 0.6 is 0 Å². The fourth-order valence-electron chi connectivity index (χ4n) is 9.51. The third-order valence-corrected chi connectivity index (χ3v) is 11.1. The number of nitrogens with zero attached hydrogens (tertiary/aromatic N) is 2. The Morgan fingerprint density at radius 3 is 2.69 bits per heavy atom. The Labute approximate surface area is 209 Å². The SMILES string of the molecule is COC[C@@]1(O)CC[C@H]2[C@H](CC[C@@H]3[C@@H]2CC[C@]2(C)[C@@H](C(=O)Cn4nc5ccccc5c4C)CC[C@@H]32)C1. The van der Waals surface area contributed by atoms with Gasteiger partial charge in [-0.15, -0.1) is 0 Å². The highest BCUT2D eigenvalue weighted by Gasteiger charge is 2.59. The maximum Gasteiger partial charge on any atom is 0.157 e. The minimum atomic E-state index is -0.619. The average Bonchev–Trinajstić information content (AvgIpc) is 3.35. The fourth-order valence-corrected chi connectivity index (χ4v) is 9.51. The van der Waals surface area contributed by atoms with Gasteiger partial charge in [0.05, 0.1) is 17.7 Å². The Bertz CT molecular complexity index is 1110. The molecule has 4 aliphatic rings. The molecule has 4 fully saturated rings. The summed E-state index contributed by atoms with van der Waals surface area (Å²) in [5.74, 6) is 4.17. The van der Waals surface area contributed by atoms with Crippen LogP contribution in [0, 0.1) is 47.8 Å². The summed E-state index contributed by atoms with van der Waals surface area (Å²) < 4.78 is 7.30. The van der Waals surface area contributed by atoms with Crippen LogP contribution in [0.2, 0.25) is 0 Å². The van der Waals surface area contributed by atoms with Crippen molar-refractivity contribution in [3.63, 3.8) is 0 Å². The first kappa shape index (κ1) is 23.7. The van der Waals surface area contributed by atoms with E-state index in [4.69, 9.17) is 9.84 Å². The van der Waals surface area contributed by atoms with Crippen molar-refractivity contribution < 1.29 is 14.6 Å². The molecule has 190 valence electrons. The molecule has 0 amide bonds. The van der Waals surface area contributed by atoms with Crippen LogP contribution in [0.3, 0.4) is 0 Å². The summed E-state index contributed by atoms with van der Waals surface area (Å²) in [6, 6.07) is 8.20. The number of methoxy groups -OCH3 is 1. The molecule has 0 aliphatic heterocycles. The molecular weight excluding hydrogens is 436 g/mol. The second kappa shape index (κ2) is 8.69. The largest absolute Gasteiger partial charge is 0.387 e. The van der Waals surface area contributed by atoms with Crippen molar-refractivity contribution in [1.82, 2.24) is 9.78 Å². The minimum Gasteiger partial charge on any atom is -0.387 e. The second-order valence-corrected chi connectivity index (χ2v) is 12.7. The lowest BCUT2D eigenvalue weighted by molar-refractivity contribution is -0.136. The third-order valence-electron chi connectivity index (χ3n) is 11.1. The van der Waals surface area contributed by atoms with Gasteiger partial charge in [0.15, 0.2) is 5.78 Å². The lowest BCUT2D eigenvalue weighted by Gasteiger charge is -2.57. The van der Waals surface area contributed by atoms with E-state index in [2.05, 4.69) is 19.9 Å². The molecule has 4 saturated carbocycles. The summed E-state index contributed by atoms with van der Waals surface area (Å²) in [4.78, 5) is 13.7. The van der Waals surface area contributed by atoms with Gasteiger partial charge in [0.1, 0.15) is 6.54 Å². The van der Waals surface area contributed by atoms with E-state index in [-0.39, 0.29) is 11.3 Å². The van der Waals surface area contributed by atoms with Crippen LogP contribution in [0.1, 0.15) is 70.4 Å². The number of aliphatic hydroxyl groups is 1. The van der Waals surface area contributed by atoms with E-state index in [1.165, 1.54) is 32.1 Å². The minimum absolute atomic E-state index is 0.136. The fraction of sp³-hybridized carbons (Fsp3) is 0.733. The molecule has 0 bridgehead atoms. The Morgan fingerprint density at radius 1 is 1.09 bits per heavy atom. The van der Waals surface area contributed by atoms with Crippen molar-refractivity contribution in [3.8, 4) is 0 Å². The molecule has 2 aromatic rings. The third kappa shape index (κ3) is 3.80. The van der Waals surface area contributed by atoms with Gasteiger partial charge in [-0.2, -0.15) is 5.10 Å². The molecule has 6 rings (SSSR count). The number of hydrogen-bond acceptors (Lipinski definition) is 4. The number of Topliss-reactive ketones (excluding diaryl/α,β-unsaturated/α-hetero) is 1. The van der Waals surface area contributed by atoms with E-state index in [1.807, 2.05) is 22.9 Å².